The number of ether oxygens (including phenoxy) is 1. The van der Waals surface area contributed by atoms with E-state index in [9.17, 15) is 0 Å². The van der Waals surface area contributed by atoms with E-state index in [-0.39, 0.29) is 0 Å². The van der Waals surface area contributed by atoms with Crippen LogP contribution >= 0.6 is 0 Å². The molecule has 0 aliphatic heterocycles. The fourth-order valence-electron chi connectivity index (χ4n) is 4.46. The SMILES string of the molecule is C=N/C=C\C(=C/C)c1c[nH]cc1-c1ncnc2[nH]c3cc(-c4c(C)noc4C)c(OC)cc3c12. The summed E-state index contributed by atoms with van der Waals surface area (Å²) in [6.07, 6.45) is 11.1. The normalized spacial score (nSPS) is 12.3. The minimum atomic E-state index is 0.723. The second-order valence-electron chi connectivity index (χ2n) is 7.89. The fraction of sp³-hybridized carbons (Fsp3) is 0.154. The minimum absolute atomic E-state index is 0.723. The highest BCUT2D eigenvalue weighted by Gasteiger charge is 2.21. The Bertz CT molecular complexity index is 1580. The van der Waals surface area contributed by atoms with Crippen LogP contribution in [0.1, 0.15) is 23.9 Å². The summed E-state index contributed by atoms with van der Waals surface area (Å²) >= 11 is 0. The van der Waals surface area contributed by atoms with Crippen molar-refractivity contribution in [2.24, 2.45) is 4.99 Å². The second kappa shape index (κ2) is 8.47. The number of methoxy groups -OCH3 is 1. The lowest BCUT2D eigenvalue weighted by atomic mass is 9.98. The van der Waals surface area contributed by atoms with E-state index < -0.39 is 0 Å². The zero-order chi connectivity index (χ0) is 23.8. The molecule has 0 fully saturated rings. The van der Waals surface area contributed by atoms with Crippen LogP contribution < -0.4 is 4.74 Å². The molecule has 0 spiro atoms. The Kier molecular flexibility index (Phi) is 5.33. The van der Waals surface area contributed by atoms with E-state index in [1.807, 2.05) is 51.4 Å². The van der Waals surface area contributed by atoms with Gasteiger partial charge in [-0.15, -0.1) is 0 Å². The molecule has 0 amide bonds. The number of allylic oxidation sites excluding steroid dienone is 3. The molecule has 0 atom stereocenters. The molecule has 0 unspecified atom stereocenters. The third kappa shape index (κ3) is 3.31. The summed E-state index contributed by atoms with van der Waals surface area (Å²) in [7, 11) is 1.66. The van der Waals surface area contributed by atoms with Crippen LogP contribution in [0.2, 0.25) is 0 Å². The number of aromatic amines is 2. The first kappa shape index (κ1) is 21.4. The number of nitrogens with zero attached hydrogens (tertiary/aromatic N) is 4. The van der Waals surface area contributed by atoms with E-state index in [1.165, 1.54) is 0 Å². The van der Waals surface area contributed by atoms with Crippen molar-refractivity contribution in [1.82, 2.24) is 25.1 Å². The molecule has 0 bridgehead atoms. The van der Waals surface area contributed by atoms with Gasteiger partial charge in [-0.25, -0.2) is 9.97 Å². The highest BCUT2D eigenvalue weighted by atomic mass is 16.5. The van der Waals surface area contributed by atoms with Crippen LogP contribution in [0.3, 0.4) is 0 Å². The largest absolute Gasteiger partial charge is 0.496 e. The molecule has 0 aliphatic rings. The van der Waals surface area contributed by atoms with E-state index in [0.29, 0.717) is 0 Å². The molecule has 8 heteroatoms. The Morgan fingerprint density at radius 1 is 1.18 bits per heavy atom. The lowest BCUT2D eigenvalue weighted by Gasteiger charge is -2.09. The number of benzene rings is 1. The average molecular weight is 453 g/mol. The molecule has 5 aromatic rings. The number of aliphatic imine (C=N–C) groups is 1. The third-order valence-corrected chi connectivity index (χ3v) is 5.99. The van der Waals surface area contributed by atoms with Crippen LogP contribution in [0.4, 0.5) is 0 Å². The number of nitrogens with one attached hydrogen (secondary N) is 2. The Balaban J connectivity index is 1.78. The van der Waals surface area contributed by atoms with Gasteiger partial charge < -0.3 is 19.2 Å². The number of hydrogen-bond acceptors (Lipinski definition) is 6. The van der Waals surface area contributed by atoms with Gasteiger partial charge in [-0.3, -0.25) is 4.99 Å². The number of aryl methyl sites for hydroxylation is 2. The molecule has 4 heterocycles. The van der Waals surface area contributed by atoms with E-state index in [0.717, 1.165) is 72.7 Å². The molecular formula is C26H24N6O2. The number of H-pyrrole nitrogens is 2. The van der Waals surface area contributed by atoms with Crippen molar-refractivity contribution >= 4 is 34.2 Å². The summed E-state index contributed by atoms with van der Waals surface area (Å²) in [6.45, 7) is 9.34. The minimum Gasteiger partial charge on any atom is -0.496 e. The fourth-order valence-corrected chi connectivity index (χ4v) is 4.46. The Hall–Kier alpha value is -4.46. The number of aromatic nitrogens is 5. The average Bonchev–Trinajstić information content (AvgIpc) is 3.55. The van der Waals surface area contributed by atoms with E-state index in [1.54, 1.807) is 19.6 Å². The van der Waals surface area contributed by atoms with E-state index >= 15 is 0 Å². The molecule has 0 aliphatic carbocycles. The Labute approximate surface area is 196 Å². The van der Waals surface area contributed by atoms with Gasteiger partial charge in [0.05, 0.1) is 29.4 Å². The van der Waals surface area contributed by atoms with Crippen LogP contribution in [0.5, 0.6) is 5.75 Å². The molecule has 1 aromatic carbocycles. The number of rotatable bonds is 6. The molecule has 0 radical (unpaired) electrons. The van der Waals surface area contributed by atoms with Crippen molar-refractivity contribution in [3.05, 3.63) is 66.2 Å². The zero-order valence-electron chi connectivity index (χ0n) is 19.4. The number of hydrogen-bond donors (Lipinski definition) is 2. The van der Waals surface area contributed by atoms with E-state index in [4.69, 9.17) is 9.26 Å². The highest BCUT2D eigenvalue weighted by Crippen LogP contribution is 2.42. The maximum Gasteiger partial charge on any atom is 0.142 e. The molecule has 8 nitrogen and oxygen atoms in total. The topological polar surface area (TPSA) is 105 Å². The Morgan fingerprint density at radius 2 is 2.03 bits per heavy atom. The van der Waals surface area contributed by atoms with Crippen LogP contribution in [0.15, 0.2) is 58.7 Å². The predicted octanol–water partition coefficient (Wildman–Crippen LogP) is 6.00. The highest BCUT2D eigenvalue weighted by molar-refractivity contribution is 6.14. The molecule has 5 rings (SSSR count). The van der Waals surface area contributed by atoms with Crippen LogP contribution in [0, 0.1) is 13.8 Å². The monoisotopic (exact) mass is 452 g/mol. The van der Waals surface area contributed by atoms with Crippen LogP contribution in [-0.2, 0) is 0 Å². The molecule has 34 heavy (non-hydrogen) atoms. The smallest absolute Gasteiger partial charge is 0.142 e. The van der Waals surface area contributed by atoms with E-state index in [2.05, 4.69) is 42.9 Å². The summed E-state index contributed by atoms with van der Waals surface area (Å²) in [5.74, 6) is 1.46. The van der Waals surface area contributed by atoms with Crippen LogP contribution in [0.25, 0.3) is 49.9 Å². The van der Waals surface area contributed by atoms with Gasteiger partial charge >= 0.3 is 0 Å². The lowest BCUT2D eigenvalue weighted by molar-refractivity contribution is 0.393. The Morgan fingerprint density at radius 3 is 2.74 bits per heavy atom. The molecule has 0 saturated heterocycles. The van der Waals surface area contributed by atoms with Crippen molar-refractivity contribution in [1.29, 1.82) is 0 Å². The summed E-state index contributed by atoms with van der Waals surface area (Å²) in [4.78, 5) is 19.7. The van der Waals surface area contributed by atoms with Crippen molar-refractivity contribution < 1.29 is 9.26 Å². The van der Waals surface area contributed by atoms with Gasteiger partial charge in [0, 0.05) is 46.2 Å². The van der Waals surface area contributed by atoms with Gasteiger partial charge in [-0.2, -0.15) is 0 Å². The third-order valence-electron chi connectivity index (χ3n) is 5.99. The molecule has 4 aromatic heterocycles. The van der Waals surface area contributed by atoms with Crippen molar-refractivity contribution in [2.75, 3.05) is 7.11 Å². The molecule has 2 N–H and O–H groups in total. The standard InChI is InChI=1S/C26H24N6O2/c1-6-16(7-8-27-4)19-11-28-12-20(19)25-24-17-10-22(33-5)18(23-14(2)32-34-15(23)3)9-21(17)31-26(24)30-13-29-25/h6-13,28H,4H2,1-3,5H3,(H,29,30,31)/b8-7-,16-6+. The van der Waals surface area contributed by atoms with Crippen molar-refractivity contribution in [3.8, 4) is 28.1 Å². The first-order valence-electron chi connectivity index (χ1n) is 10.8. The van der Waals surface area contributed by atoms with Gasteiger partial charge in [0.15, 0.2) is 0 Å². The molecular weight excluding hydrogens is 428 g/mol. The summed E-state index contributed by atoms with van der Waals surface area (Å²) in [6, 6.07) is 4.08. The lowest BCUT2D eigenvalue weighted by Crippen LogP contribution is -1.91. The quantitative estimate of drug-likeness (QED) is 0.243. The first-order chi connectivity index (χ1) is 16.6. The van der Waals surface area contributed by atoms with Crippen molar-refractivity contribution in [3.63, 3.8) is 0 Å². The second-order valence-corrected chi connectivity index (χ2v) is 7.89. The first-order valence-corrected chi connectivity index (χ1v) is 10.8. The van der Waals surface area contributed by atoms with Gasteiger partial charge in [-0.1, -0.05) is 11.2 Å². The van der Waals surface area contributed by atoms with Gasteiger partial charge in [0.25, 0.3) is 0 Å². The maximum absolute atomic E-state index is 5.79. The summed E-state index contributed by atoms with van der Waals surface area (Å²) < 4.78 is 11.2. The zero-order valence-corrected chi connectivity index (χ0v) is 19.4. The van der Waals surface area contributed by atoms with Crippen molar-refractivity contribution in [2.45, 2.75) is 20.8 Å². The number of fused-ring (bicyclic) bond motifs is 3. The summed E-state index contributed by atoms with van der Waals surface area (Å²) in [5.41, 5.74) is 8.11. The van der Waals surface area contributed by atoms with Gasteiger partial charge in [0.1, 0.15) is 23.5 Å². The summed E-state index contributed by atoms with van der Waals surface area (Å²) in [5, 5.41) is 5.99. The maximum atomic E-state index is 5.79. The van der Waals surface area contributed by atoms with Gasteiger partial charge in [-0.05, 0) is 51.3 Å². The van der Waals surface area contributed by atoms with Gasteiger partial charge in [0.2, 0.25) is 0 Å². The predicted molar refractivity (Wildman–Crippen MR) is 135 cm³/mol. The van der Waals surface area contributed by atoms with Crippen LogP contribution in [-0.4, -0.2) is 38.9 Å². The molecule has 0 saturated carbocycles. The molecule has 170 valence electrons.